The second-order valence-corrected chi connectivity index (χ2v) is 10.6. The highest BCUT2D eigenvalue weighted by atomic mass is 127. The molecule has 2 aromatic carbocycles. The Morgan fingerprint density at radius 3 is 2.00 bits per heavy atom. The van der Waals surface area contributed by atoms with Gasteiger partial charge in [0.15, 0.2) is 6.20 Å². The quantitative estimate of drug-likeness (QED) is 0.0822. The van der Waals surface area contributed by atoms with Gasteiger partial charge in [-0.2, -0.15) is 0 Å². The average Bonchev–Trinajstić information content (AvgIpc) is 2.99. The number of aryl methyl sites for hydroxylation is 1. The fraction of sp³-hybridized carbons (Fsp3) is 0.441. The van der Waals surface area contributed by atoms with Crippen molar-refractivity contribution in [2.24, 2.45) is 0 Å². The van der Waals surface area contributed by atoms with Crippen LogP contribution in [0.4, 0.5) is 0 Å². The molecule has 0 aliphatic rings. The largest absolute Gasteiger partial charge is 1.00 e. The molecule has 5 nitrogen and oxygen atoms in total. The Hall–Kier alpha value is -2.45. The van der Waals surface area contributed by atoms with Crippen molar-refractivity contribution in [1.29, 1.82) is 0 Å². The third-order valence-corrected chi connectivity index (χ3v) is 7.44. The van der Waals surface area contributed by atoms with E-state index in [1.54, 1.807) is 42.5 Å². The number of ether oxygens (including phenoxy) is 1. The number of hydrogen-bond acceptors (Lipinski definition) is 3. The summed E-state index contributed by atoms with van der Waals surface area (Å²) < 4.78 is 7.94. The van der Waals surface area contributed by atoms with Gasteiger partial charge < -0.3 is 28.7 Å². The second-order valence-electron chi connectivity index (χ2n) is 10.2. The Morgan fingerprint density at radius 2 is 1.37 bits per heavy atom. The van der Waals surface area contributed by atoms with E-state index in [-0.39, 0.29) is 36.4 Å². The summed E-state index contributed by atoms with van der Waals surface area (Å²) in [5.74, 6) is -0.194. The van der Waals surface area contributed by atoms with Gasteiger partial charge in [-0.3, -0.25) is 14.5 Å². The number of halogens is 2. The first-order valence-electron chi connectivity index (χ1n) is 14.9. The highest BCUT2D eigenvalue weighted by Gasteiger charge is 2.27. The third kappa shape index (κ3) is 11.4. The van der Waals surface area contributed by atoms with Crippen LogP contribution in [0.25, 0.3) is 0 Å². The SMILES string of the molecule is CCCCCCCCCCCCOc1ccc(C(=O)N(Cc2cccc[n+]2CC)C(=O)c2ccccc2)cc1Cl.[I-]. The molecule has 3 aromatic rings. The number of aromatic nitrogens is 1. The van der Waals surface area contributed by atoms with Gasteiger partial charge in [-0.05, 0) is 43.7 Å². The summed E-state index contributed by atoms with van der Waals surface area (Å²) >= 11 is 6.53. The molecule has 1 aromatic heterocycles. The van der Waals surface area contributed by atoms with E-state index < -0.39 is 5.91 Å². The van der Waals surface area contributed by atoms with Crippen molar-refractivity contribution in [2.45, 2.75) is 91.1 Å². The van der Waals surface area contributed by atoms with Crippen LogP contribution in [-0.4, -0.2) is 23.3 Å². The van der Waals surface area contributed by atoms with E-state index >= 15 is 0 Å². The molecule has 0 aliphatic carbocycles. The summed E-state index contributed by atoms with van der Waals surface area (Å²) in [6.45, 7) is 5.75. The van der Waals surface area contributed by atoms with Crippen molar-refractivity contribution < 1.29 is 42.9 Å². The maximum absolute atomic E-state index is 13.7. The maximum Gasteiger partial charge on any atom is 0.261 e. The van der Waals surface area contributed by atoms with Gasteiger partial charge in [0.05, 0.1) is 11.6 Å². The molecule has 0 bridgehead atoms. The fourth-order valence-electron chi connectivity index (χ4n) is 4.78. The van der Waals surface area contributed by atoms with Crippen molar-refractivity contribution >= 4 is 23.4 Å². The molecule has 1 heterocycles. The number of pyridine rings is 1. The Labute approximate surface area is 268 Å². The molecule has 2 amide bonds. The van der Waals surface area contributed by atoms with E-state index in [0.717, 1.165) is 25.1 Å². The van der Waals surface area contributed by atoms with Crippen molar-refractivity contribution in [1.82, 2.24) is 4.90 Å². The minimum atomic E-state index is -0.400. The number of amides is 2. The van der Waals surface area contributed by atoms with Crippen LogP contribution in [0.5, 0.6) is 5.75 Å². The van der Waals surface area contributed by atoms with E-state index in [1.807, 2.05) is 42.0 Å². The van der Waals surface area contributed by atoms with Gasteiger partial charge in [0.1, 0.15) is 18.8 Å². The van der Waals surface area contributed by atoms with Gasteiger partial charge in [0, 0.05) is 23.3 Å². The van der Waals surface area contributed by atoms with Crippen LogP contribution < -0.4 is 33.3 Å². The van der Waals surface area contributed by atoms with E-state index in [9.17, 15) is 9.59 Å². The molecule has 222 valence electrons. The number of hydrogen-bond donors (Lipinski definition) is 0. The zero-order valence-corrected chi connectivity index (χ0v) is 27.4. The number of nitrogens with zero attached hydrogens (tertiary/aromatic N) is 2. The molecule has 0 fully saturated rings. The van der Waals surface area contributed by atoms with Crippen LogP contribution >= 0.6 is 11.6 Å². The fourth-order valence-corrected chi connectivity index (χ4v) is 5.01. The van der Waals surface area contributed by atoms with Crippen LogP contribution in [0.3, 0.4) is 0 Å². The summed E-state index contributed by atoms with van der Waals surface area (Å²) in [5, 5.41) is 0.369. The van der Waals surface area contributed by atoms with Crippen LogP contribution in [-0.2, 0) is 13.1 Å². The number of carbonyl (C=O) groups excluding carboxylic acids is 2. The predicted octanol–water partition coefficient (Wildman–Crippen LogP) is 5.43. The molecule has 0 atom stereocenters. The molecule has 0 radical (unpaired) electrons. The molecule has 0 N–H and O–H groups in total. The van der Waals surface area contributed by atoms with E-state index in [1.165, 1.54) is 56.3 Å². The molecular formula is C34H44ClIN2O3. The first-order valence-corrected chi connectivity index (χ1v) is 15.2. The summed E-state index contributed by atoms with van der Waals surface area (Å²) in [7, 11) is 0. The van der Waals surface area contributed by atoms with Gasteiger partial charge in [-0.25, -0.2) is 4.57 Å². The van der Waals surface area contributed by atoms with Crippen molar-refractivity contribution in [3.8, 4) is 5.75 Å². The smallest absolute Gasteiger partial charge is 0.261 e. The first kappa shape index (κ1) is 34.7. The molecule has 41 heavy (non-hydrogen) atoms. The van der Waals surface area contributed by atoms with Crippen molar-refractivity contribution in [3.63, 3.8) is 0 Å². The highest BCUT2D eigenvalue weighted by molar-refractivity contribution is 6.32. The van der Waals surface area contributed by atoms with E-state index in [2.05, 4.69) is 6.92 Å². The van der Waals surface area contributed by atoms with Gasteiger partial charge in [-0.1, -0.05) is 101 Å². The van der Waals surface area contributed by atoms with E-state index in [0.29, 0.717) is 28.5 Å². The maximum atomic E-state index is 13.7. The zero-order chi connectivity index (χ0) is 28.6. The monoisotopic (exact) mass is 690 g/mol. The summed E-state index contributed by atoms with van der Waals surface area (Å²) in [6, 6.07) is 19.7. The molecule has 7 heteroatoms. The molecule has 0 saturated heterocycles. The normalized spacial score (nSPS) is 10.6. The van der Waals surface area contributed by atoms with Crippen LogP contribution in [0, 0.1) is 0 Å². The Morgan fingerprint density at radius 1 is 0.756 bits per heavy atom. The number of carbonyl (C=O) groups is 2. The number of imide groups is 1. The van der Waals surface area contributed by atoms with Crippen molar-refractivity contribution in [3.05, 3.63) is 94.8 Å². The summed E-state index contributed by atoms with van der Waals surface area (Å²) in [5.41, 5.74) is 1.67. The first-order chi connectivity index (χ1) is 19.5. The molecule has 0 saturated carbocycles. The Bertz CT molecular complexity index is 1210. The topological polar surface area (TPSA) is 50.5 Å². The lowest BCUT2D eigenvalue weighted by atomic mass is 10.1. The predicted molar refractivity (Wildman–Crippen MR) is 162 cm³/mol. The lowest BCUT2D eigenvalue weighted by Crippen LogP contribution is -3.00. The Balaban J connectivity index is 0.00000588. The van der Waals surface area contributed by atoms with Gasteiger partial charge >= 0.3 is 0 Å². The minimum Gasteiger partial charge on any atom is -1.00 e. The summed E-state index contributed by atoms with van der Waals surface area (Å²) in [4.78, 5) is 28.4. The molecule has 0 unspecified atom stereocenters. The Kier molecular flexibility index (Phi) is 16.6. The van der Waals surface area contributed by atoms with Gasteiger partial charge in [-0.15, -0.1) is 0 Å². The zero-order valence-electron chi connectivity index (χ0n) is 24.5. The molecule has 0 aliphatic heterocycles. The molecule has 3 rings (SSSR count). The lowest BCUT2D eigenvalue weighted by Gasteiger charge is -2.21. The third-order valence-electron chi connectivity index (χ3n) is 7.14. The highest BCUT2D eigenvalue weighted by Crippen LogP contribution is 2.27. The number of rotatable bonds is 17. The second kappa shape index (κ2) is 19.6. The van der Waals surface area contributed by atoms with Crippen LogP contribution in [0.15, 0.2) is 72.9 Å². The summed E-state index contributed by atoms with van der Waals surface area (Å²) in [6.07, 6.45) is 14.6. The van der Waals surface area contributed by atoms with Crippen LogP contribution in [0.1, 0.15) is 104 Å². The minimum absolute atomic E-state index is 0. The molecular weight excluding hydrogens is 647 g/mol. The number of benzene rings is 2. The standard InChI is InChI=1S/C34H44ClN2O3.HI/c1-3-5-6-7-8-9-10-11-12-18-25-40-32-23-22-29(26-31(32)35)34(39)37(33(38)28-19-14-13-15-20-28)27-30-21-16-17-24-36(30)4-2;/h13-17,19-24,26H,3-12,18,25,27H2,1-2H3;1H/q+1;/p-1. The van der Waals surface area contributed by atoms with Gasteiger partial charge in [0.2, 0.25) is 5.69 Å². The molecule has 0 spiro atoms. The van der Waals surface area contributed by atoms with E-state index in [4.69, 9.17) is 16.3 Å². The van der Waals surface area contributed by atoms with Crippen LogP contribution in [0.2, 0.25) is 5.02 Å². The average molecular weight is 691 g/mol. The van der Waals surface area contributed by atoms with Gasteiger partial charge in [0.25, 0.3) is 11.8 Å². The van der Waals surface area contributed by atoms with Crippen molar-refractivity contribution in [2.75, 3.05) is 6.61 Å². The number of unbranched alkanes of at least 4 members (excludes halogenated alkanes) is 9. The lowest BCUT2D eigenvalue weighted by molar-refractivity contribution is -0.701.